The fourth-order valence-electron chi connectivity index (χ4n) is 3.54. The molecule has 120 valence electrons. The summed E-state index contributed by atoms with van der Waals surface area (Å²) < 4.78 is 0. The molecule has 2 fully saturated rings. The summed E-state index contributed by atoms with van der Waals surface area (Å²) in [6.45, 7) is 5.81. The molecule has 3 rings (SSSR count). The lowest BCUT2D eigenvalue weighted by molar-refractivity contribution is -0.137. The summed E-state index contributed by atoms with van der Waals surface area (Å²) >= 11 is 0. The highest BCUT2D eigenvalue weighted by molar-refractivity contribution is 5.79. The molecule has 4 nitrogen and oxygen atoms in total. The van der Waals surface area contributed by atoms with Crippen molar-refractivity contribution in [2.45, 2.75) is 38.6 Å². The van der Waals surface area contributed by atoms with Gasteiger partial charge in [0.25, 0.3) is 0 Å². The normalized spacial score (nSPS) is 23.3. The van der Waals surface area contributed by atoms with Crippen LogP contribution in [-0.2, 0) is 4.79 Å². The van der Waals surface area contributed by atoms with Gasteiger partial charge in [-0.1, -0.05) is 12.1 Å². The third-order valence-corrected chi connectivity index (χ3v) is 4.84. The van der Waals surface area contributed by atoms with Gasteiger partial charge in [-0.3, -0.25) is 4.79 Å². The van der Waals surface area contributed by atoms with Crippen LogP contribution in [0.4, 0.5) is 5.69 Å². The van der Waals surface area contributed by atoms with Crippen molar-refractivity contribution in [1.82, 2.24) is 10.2 Å². The molecule has 0 saturated carbocycles. The Kier molecular flexibility index (Phi) is 4.98. The number of hydrogen-bond acceptors (Lipinski definition) is 3. The molecule has 22 heavy (non-hydrogen) atoms. The van der Waals surface area contributed by atoms with Gasteiger partial charge in [-0.2, -0.15) is 0 Å². The summed E-state index contributed by atoms with van der Waals surface area (Å²) in [5.74, 6) is 0.566. The maximum atomic E-state index is 12.5. The first-order chi connectivity index (χ1) is 10.7. The number of piperidine rings is 2. The van der Waals surface area contributed by atoms with Crippen LogP contribution in [0.3, 0.4) is 0 Å². The molecule has 2 heterocycles. The highest BCUT2D eigenvalue weighted by Gasteiger charge is 2.28. The average Bonchev–Trinajstić information content (AvgIpc) is 2.56. The van der Waals surface area contributed by atoms with Crippen LogP contribution in [0.2, 0.25) is 0 Å². The van der Waals surface area contributed by atoms with E-state index in [1.807, 2.05) is 0 Å². The molecule has 2 aliphatic rings. The van der Waals surface area contributed by atoms with Gasteiger partial charge >= 0.3 is 0 Å². The standard InChI is InChI=1S/C18H27N3O/c1-14-4-2-6-17(12-14)20-16-7-10-21(11-8-16)18(22)15-5-3-9-19-13-15/h2,4,6,12,15-16,19-20H,3,5,7-11,13H2,1H3. The Hall–Kier alpha value is -1.55. The molecular formula is C18H27N3O. The van der Waals surface area contributed by atoms with E-state index in [-0.39, 0.29) is 5.92 Å². The molecule has 1 unspecified atom stereocenters. The van der Waals surface area contributed by atoms with Crippen LogP contribution in [0, 0.1) is 12.8 Å². The van der Waals surface area contributed by atoms with Gasteiger partial charge < -0.3 is 15.5 Å². The number of hydrogen-bond donors (Lipinski definition) is 2. The molecule has 1 aromatic rings. The minimum atomic E-state index is 0.204. The summed E-state index contributed by atoms with van der Waals surface area (Å²) in [4.78, 5) is 14.6. The third-order valence-electron chi connectivity index (χ3n) is 4.84. The molecule has 2 aliphatic heterocycles. The first kappa shape index (κ1) is 15.3. The second-order valence-electron chi connectivity index (χ2n) is 6.66. The summed E-state index contributed by atoms with van der Waals surface area (Å²) in [6, 6.07) is 9.00. The van der Waals surface area contributed by atoms with Crippen molar-refractivity contribution in [2.24, 2.45) is 5.92 Å². The molecule has 4 heteroatoms. The fourth-order valence-corrected chi connectivity index (χ4v) is 3.54. The predicted molar refractivity (Wildman–Crippen MR) is 90.0 cm³/mol. The van der Waals surface area contributed by atoms with Gasteiger partial charge in [-0.05, 0) is 56.8 Å². The SMILES string of the molecule is Cc1cccc(NC2CCN(C(=O)C3CCCNC3)CC2)c1. The number of aryl methyl sites for hydroxylation is 1. The van der Waals surface area contributed by atoms with Crippen molar-refractivity contribution in [3.05, 3.63) is 29.8 Å². The maximum Gasteiger partial charge on any atom is 0.226 e. The lowest BCUT2D eigenvalue weighted by atomic mass is 9.96. The quantitative estimate of drug-likeness (QED) is 0.901. The van der Waals surface area contributed by atoms with Gasteiger partial charge in [0, 0.05) is 31.4 Å². The molecular weight excluding hydrogens is 274 g/mol. The van der Waals surface area contributed by atoms with Gasteiger partial charge in [-0.15, -0.1) is 0 Å². The van der Waals surface area contributed by atoms with Gasteiger partial charge in [0.2, 0.25) is 5.91 Å². The summed E-state index contributed by atoms with van der Waals surface area (Å²) in [7, 11) is 0. The molecule has 2 saturated heterocycles. The molecule has 0 bridgehead atoms. The smallest absolute Gasteiger partial charge is 0.226 e. The van der Waals surface area contributed by atoms with E-state index in [4.69, 9.17) is 0 Å². The summed E-state index contributed by atoms with van der Waals surface area (Å²) in [5.41, 5.74) is 2.48. The van der Waals surface area contributed by atoms with Crippen LogP contribution >= 0.6 is 0 Å². The zero-order valence-corrected chi connectivity index (χ0v) is 13.5. The Balaban J connectivity index is 1.48. The van der Waals surface area contributed by atoms with Gasteiger partial charge in [0.1, 0.15) is 0 Å². The summed E-state index contributed by atoms with van der Waals surface area (Å²) in [6.07, 6.45) is 4.26. The van der Waals surface area contributed by atoms with E-state index in [0.717, 1.165) is 51.9 Å². The average molecular weight is 301 g/mol. The number of likely N-dealkylation sites (tertiary alicyclic amines) is 1. The Morgan fingerprint density at radius 2 is 2.09 bits per heavy atom. The first-order valence-electron chi connectivity index (χ1n) is 8.55. The Bertz CT molecular complexity index is 503. The third kappa shape index (κ3) is 3.80. The monoisotopic (exact) mass is 301 g/mol. The van der Waals surface area contributed by atoms with Crippen molar-refractivity contribution in [3.63, 3.8) is 0 Å². The minimum Gasteiger partial charge on any atom is -0.382 e. The highest BCUT2D eigenvalue weighted by atomic mass is 16.2. The predicted octanol–water partition coefficient (Wildman–Crippen LogP) is 2.40. The molecule has 0 spiro atoms. The Morgan fingerprint density at radius 3 is 2.77 bits per heavy atom. The van der Waals surface area contributed by atoms with Crippen LogP contribution in [0.15, 0.2) is 24.3 Å². The van der Waals surface area contributed by atoms with Crippen molar-refractivity contribution in [2.75, 3.05) is 31.5 Å². The molecule has 0 aromatic heterocycles. The summed E-state index contributed by atoms with van der Waals surface area (Å²) in [5, 5.41) is 6.95. The van der Waals surface area contributed by atoms with E-state index in [9.17, 15) is 4.79 Å². The largest absolute Gasteiger partial charge is 0.382 e. The zero-order valence-electron chi connectivity index (χ0n) is 13.5. The van der Waals surface area contributed by atoms with Crippen molar-refractivity contribution in [3.8, 4) is 0 Å². The molecule has 2 N–H and O–H groups in total. The highest BCUT2D eigenvalue weighted by Crippen LogP contribution is 2.20. The number of rotatable bonds is 3. The van der Waals surface area contributed by atoms with E-state index in [0.29, 0.717) is 11.9 Å². The molecule has 1 atom stereocenters. The van der Waals surface area contributed by atoms with Gasteiger partial charge in [-0.25, -0.2) is 0 Å². The number of amides is 1. The Morgan fingerprint density at radius 1 is 1.27 bits per heavy atom. The van der Waals surface area contributed by atoms with E-state index < -0.39 is 0 Å². The fraction of sp³-hybridized carbons (Fsp3) is 0.611. The van der Waals surface area contributed by atoms with Crippen LogP contribution in [0.25, 0.3) is 0 Å². The van der Waals surface area contributed by atoms with Crippen molar-refractivity contribution >= 4 is 11.6 Å². The van der Waals surface area contributed by atoms with Crippen LogP contribution in [0.5, 0.6) is 0 Å². The number of carbonyl (C=O) groups is 1. The number of nitrogens with one attached hydrogen (secondary N) is 2. The number of nitrogens with zero attached hydrogens (tertiary/aromatic N) is 1. The van der Waals surface area contributed by atoms with Gasteiger partial charge in [0.05, 0.1) is 5.92 Å². The number of carbonyl (C=O) groups excluding carboxylic acids is 1. The number of anilines is 1. The van der Waals surface area contributed by atoms with E-state index >= 15 is 0 Å². The molecule has 0 radical (unpaired) electrons. The van der Waals surface area contributed by atoms with Crippen LogP contribution in [-0.4, -0.2) is 43.0 Å². The molecule has 1 aromatic carbocycles. The van der Waals surface area contributed by atoms with Crippen LogP contribution in [0.1, 0.15) is 31.2 Å². The first-order valence-corrected chi connectivity index (χ1v) is 8.55. The second-order valence-corrected chi connectivity index (χ2v) is 6.66. The maximum absolute atomic E-state index is 12.5. The molecule has 1 amide bonds. The second kappa shape index (κ2) is 7.14. The van der Waals surface area contributed by atoms with E-state index in [1.165, 1.54) is 11.3 Å². The number of benzene rings is 1. The topological polar surface area (TPSA) is 44.4 Å². The zero-order chi connectivity index (χ0) is 15.4. The van der Waals surface area contributed by atoms with E-state index in [1.54, 1.807) is 0 Å². The van der Waals surface area contributed by atoms with Crippen LogP contribution < -0.4 is 10.6 Å². The lowest BCUT2D eigenvalue weighted by Crippen LogP contribution is -2.47. The van der Waals surface area contributed by atoms with Gasteiger partial charge in [0.15, 0.2) is 0 Å². The Labute approximate surface area is 133 Å². The van der Waals surface area contributed by atoms with Crippen molar-refractivity contribution in [1.29, 1.82) is 0 Å². The van der Waals surface area contributed by atoms with Crippen molar-refractivity contribution < 1.29 is 4.79 Å². The lowest BCUT2D eigenvalue weighted by Gasteiger charge is -2.36. The molecule has 0 aliphatic carbocycles. The minimum absolute atomic E-state index is 0.204. The van der Waals surface area contributed by atoms with E-state index in [2.05, 4.69) is 46.7 Å².